The predicted molar refractivity (Wildman–Crippen MR) is 85.9 cm³/mol. The van der Waals surface area contributed by atoms with Crippen LogP contribution in [0.5, 0.6) is 0 Å². The maximum atomic E-state index is 11.4. The summed E-state index contributed by atoms with van der Waals surface area (Å²) in [4.78, 5) is 2.30. The fraction of sp³-hybridized carbons (Fsp3) is 1.00. The predicted octanol–water partition coefficient (Wildman–Crippen LogP) is 0.0944. The molecule has 0 aromatic heterocycles. The molecule has 6 nitrogen and oxygen atoms in total. The molecule has 0 aromatic carbocycles. The van der Waals surface area contributed by atoms with E-state index in [-0.39, 0.29) is 12.1 Å². The zero-order valence-corrected chi connectivity index (χ0v) is 14.5. The minimum Gasteiger partial charge on any atom is -0.394 e. The molecule has 0 aliphatic carbocycles. The van der Waals surface area contributed by atoms with E-state index in [4.69, 9.17) is 0 Å². The first-order valence-corrected chi connectivity index (χ1v) is 9.69. The average Bonchev–Trinajstić information content (AvgIpc) is 2.45. The molecule has 1 rings (SSSR count). The van der Waals surface area contributed by atoms with E-state index in [0.29, 0.717) is 13.1 Å². The first-order chi connectivity index (χ1) is 9.80. The van der Waals surface area contributed by atoms with Crippen molar-refractivity contribution >= 4 is 10.0 Å². The highest BCUT2D eigenvalue weighted by Gasteiger charge is 2.25. The van der Waals surface area contributed by atoms with Gasteiger partial charge in [0.15, 0.2) is 0 Å². The van der Waals surface area contributed by atoms with Gasteiger partial charge in [-0.3, -0.25) is 0 Å². The monoisotopic (exact) mass is 321 g/mol. The van der Waals surface area contributed by atoms with Gasteiger partial charge in [-0.05, 0) is 39.3 Å². The summed E-state index contributed by atoms with van der Waals surface area (Å²) in [6, 6.07) is 0. The van der Waals surface area contributed by atoms with Gasteiger partial charge in [-0.15, -0.1) is 0 Å². The average molecular weight is 321 g/mol. The summed E-state index contributed by atoms with van der Waals surface area (Å²) >= 11 is 0. The van der Waals surface area contributed by atoms with E-state index in [9.17, 15) is 13.5 Å². The molecule has 7 heteroatoms. The van der Waals surface area contributed by atoms with Crippen LogP contribution < -0.4 is 5.32 Å². The highest BCUT2D eigenvalue weighted by Crippen LogP contribution is 2.13. The molecule has 0 radical (unpaired) electrons. The van der Waals surface area contributed by atoms with Gasteiger partial charge in [-0.1, -0.05) is 6.92 Å². The van der Waals surface area contributed by atoms with Crippen molar-refractivity contribution in [3.63, 3.8) is 0 Å². The second kappa shape index (κ2) is 8.43. The molecule has 1 aliphatic rings. The van der Waals surface area contributed by atoms with Gasteiger partial charge in [0.05, 0.1) is 12.9 Å². The fourth-order valence-electron chi connectivity index (χ4n) is 2.63. The Bertz CT molecular complexity index is 394. The number of aliphatic hydroxyl groups is 1. The summed E-state index contributed by atoms with van der Waals surface area (Å²) in [5, 5.41) is 12.9. The molecule has 1 heterocycles. The van der Waals surface area contributed by atoms with Crippen LogP contribution in [0, 0.1) is 0 Å². The Morgan fingerprint density at radius 2 is 1.86 bits per heavy atom. The van der Waals surface area contributed by atoms with Crippen molar-refractivity contribution < 1.29 is 13.5 Å². The largest absolute Gasteiger partial charge is 0.394 e. The number of aliphatic hydroxyl groups excluding tert-OH is 1. The highest BCUT2D eigenvalue weighted by atomic mass is 32.2. The third-order valence-corrected chi connectivity index (χ3v) is 5.46. The van der Waals surface area contributed by atoms with Crippen molar-refractivity contribution in [3.8, 4) is 0 Å². The lowest BCUT2D eigenvalue weighted by atomic mass is 9.96. The van der Waals surface area contributed by atoms with E-state index in [1.807, 2.05) is 0 Å². The molecule has 0 saturated carbocycles. The lowest BCUT2D eigenvalue weighted by Crippen LogP contribution is -2.49. The molecule has 0 amide bonds. The number of rotatable bonds is 9. The van der Waals surface area contributed by atoms with E-state index in [1.54, 1.807) is 4.31 Å². The Morgan fingerprint density at radius 3 is 2.33 bits per heavy atom. The molecule has 21 heavy (non-hydrogen) atoms. The van der Waals surface area contributed by atoms with Gasteiger partial charge < -0.3 is 15.3 Å². The van der Waals surface area contributed by atoms with Crippen LogP contribution in [0.1, 0.15) is 33.1 Å². The normalized spacial score (nSPS) is 21.3. The van der Waals surface area contributed by atoms with Crippen LogP contribution >= 0.6 is 0 Å². The van der Waals surface area contributed by atoms with Gasteiger partial charge >= 0.3 is 0 Å². The molecular formula is C14H31N3O3S. The van der Waals surface area contributed by atoms with Crippen molar-refractivity contribution in [2.45, 2.75) is 38.6 Å². The van der Waals surface area contributed by atoms with Crippen LogP contribution in [0.25, 0.3) is 0 Å². The molecule has 1 saturated heterocycles. The van der Waals surface area contributed by atoms with Crippen LogP contribution in [-0.4, -0.2) is 80.4 Å². The van der Waals surface area contributed by atoms with Gasteiger partial charge in [-0.25, -0.2) is 8.42 Å². The summed E-state index contributed by atoms with van der Waals surface area (Å²) in [5.74, 6) is 0. The number of sulfonamides is 1. The summed E-state index contributed by atoms with van der Waals surface area (Å²) < 4.78 is 24.4. The molecule has 1 fully saturated rings. The summed E-state index contributed by atoms with van der Waals surface area (Å²) in [6.07, 6.45) is 4.26. The number of hydrogen-bond donors (Lipinski definition) is 2. The number of hydrogen-bond acceptors (Lipinski definition) is 5. The molecule has 0 spiro atoms. The van der Waals surface area contributed by atoms with Crippen LogP contribution in [0.2, 0.25) is 0 Å². The van der Waals surface area contributed by atoms with Crippen molar-refractivity contribution in [1.29, 1.82) is 0 Å². The van der Waals surface area contributed by atoms with E-state index in [1.165, 1.54) is 6.26 Å². The smallest absolute Gasteiger partial charge is 0.211 e. The molecule has 1 aliphatic heterocycles. The first-order valence-electron chi connectivity index (χ1n) is 7.84. The van der Waals surface area contributed by atoms with Gasteiger partial charge in [0.2, 0.25) is 10.0 Å². The van der Waals surface area contributed by atoms with E-state index < -0.39 is 10.0 Å². The summed E-state index contributed by atoms with van der Waals surface area (Å²) in [5.41, 5.74) is -0.204. The number of nitrogens with zero attached hydrogens (tertiary/aromatic N) is 2. The fourth-order valence-corrected chi connectivity index (χ4v) is 3.45. The molecule has 2 N–H and O–H groups in total. The third kappa shape index (κ3) is 6.61. The molecular weight excluding hydrogens is 290 g/mol. The van der Waals surface area contributed by atoms with Crippen molar-refractivity contribution in [2.75, 3.05) is 52.1 Å². The van der Waals surface area contributed by atoms with Crippen molar-refractivity contribution in [3.05, 3.63) is 0 Å². The minimum absolute atomic E-state index is 0.148. The zero-order chi connectivity index (χ0) is 15.9. The lowest BCUT2D eigenvalue weighted by molar-refractivity contribution is 0.146. The lowest BCUT2D eigenvalue weighted by Gasteiger charge is -2.34. The van der Waals surface area contributed by atoms with Crippen LogP contribution in [0.4, 0.5) is 0 Å². The first kappa shape index (κ1) is 18.8. The molecule has 0 bridgehead atoms. The second-order valence-electron chi connectivity index (χ2n) is 6.25. The van der Waals surface area contributed by atoms with E-state index in [2.05, 4.69) is 24.1 Å². The van der Waals surface area contributed by atoms with Crippen LogP contribution in [0.15, 0.2) is 0 Å². The van der Waals surface area contributed by atoms with E-state index >= 15 is 0 Å². The Kier molecular flexibility index (Phi) is 7.56. The number of piperazine rings is 1. The molecule has 1 unspecified atom stereocenters. The SMILES string of the molecule is CCCNC(C)(CO)CCCN1CCN(S(C)(=O)=O)CC1. The topological polar surface area (TPSA) is 72.9 Å². The van der Waals surface area contributed by atoms with E-state index in [0.717, 1.165) is 45.4 Å². The van der Waals surface area contributed by atoms with Gasteiger partial charge in [0.1, 0.15) is 0 Å². The van der Waals surface area contributed by atoms with Gasteiger partial charge in [0, 0.05) is 31.7 Å². The second-order valence-corrected chi connectivity index (χ2v) is 8.24. The Morgan fingerprint density at radius 1 is 1.24 bits per heavy atom. The van der Waals surface area contributed by atoms with Crippen LogP contribution in [0.3, 0.4) is 0 Å². The standard InChI is InChI=1S/C14H31N3O3S/c1-4-7-15-14(2,13-18)6-5-8-16-9-11-17(12-10-16)21(3,19)20/h15,18H,4-13H2,1-3H3. The summed E-state index contributed by atoms with van der Waals surface area (Å²) in [7, 11) is -3.04. The Balaban J connectivity index is 2.28. The maximum absolute atomic E-state index is 11.4. The Hall–Kier alpha value is -0.210. The zero-order valence-electron chi connectivity index (χ0n) is 13.6. The van der Waals surface area contributed by atoms with Gasteiger partial charge in [0.25, 0.3) is 0 Å². The van der Waals surface area contributed by atoms with Crippen LogP contribution in [-0.2, 0) is 10.0 Å². The number of nitrogens with one attached hydrogen (secondary N) is 1. The molecule has 0 aromatic rings. The summed E-state index contributed by atoms with van der Waals surface area (Å²) in [6.45, 7) is 8.97. The quantitative estimate of drug-likeness (QED) is 0.630. The third-order valence-electron chi connectivity index (χ3n) is 4.15. The Labute approximate surface area is 129 Å². The van der Waals surface area contributed by atoms with Crippen molar-refractivity contribution in [2.24, 2.45) is 0 Å². The highest BCUT2D eigenvalue weighted by molar-refractivity contribution is 7.88. The molecule has 1 atom stereocenters. The maximum Gasteiger partial charge on any atom is 0.211 e. The minimum atomic E-state index is -3.04. The molecule has 126 valence electrons. The van der Waals surface area contributed by atoms with Crippen molar-refractivity contribution in [1.82, 2.24) is 14.5 Å². The van der Waals surface area contributed by atoms with Gasteiger partial charge in [-0.2, -0.15) is 4.31 Å².